The molecular weight excluding hydrogens is 264 g/mol. The van der Waals surface area contributed by atoms with E-state index in [1.807, 2.05) is 31.2 Å². The third-order valence-electron chi connectivity index (χ3n) is 3.47. The maximum Gasteiger partial charge on any atom is 0.243 e. The lowest BCUT2D eigenvalue weighted by Gasteiger charge is -2.17. The summed E-state index contributed by atoms with van der Waals surface area (Å²) in [5.41, 5.74) is 1.93. The van der Waals surface area contributed by atoms with E-state index >= 15 is 0 Å². The summed E-state index contributed by atoms with van der Waals surface area (Å²) in [6, 6.07) is 7.74. The van der Waals surface area contributed by atoms with E-state index in [9.17, 15) is 9.59 Å². The molecular formula is C17H26N2O2. The number of hydrogen-bond donors (Lipinski definition) is 1. The molecule has 21 heavy (non-hydrogen) atoms. The molecule has 0 aromatic heterocycles. The summed E-state index contributed by atoms with van der Waals surface area (Å²) in [7, 11) is 1.68. The standard InChI is InChI=1S/C17H26N2O2/c1-4-6-7-12-17(21)19(3)13-16(20)18-15-11-9-8-10-14(15)5-2/h8-11H,4-7,12-13H2,1-3H3,(H,18,20). The van der Waals surface area contributed by atoms with Gasteiger partial charge in [0.15, 0.2) is 0 Å². The summed E-state index contributed by atoms with van der Waals surface area (Å²) >= 11 is 0. The predicted octanol–water partition coefficient (Wildman–Crippen LogP) is 3.23. The number of para-hydroxylation sites is 1. The molecule has 0 spiro atoms. The van der Waals surface area contributed by atoms with Gasteiger partial charge in [0, 0.05) is 19.2 Å². The average molecular weight is 290 g/mol. The van der Waals surface area contributed by atoms with Crippen LogP contribution in [-0.4, -0.2) is 30.3 Å². The smallest absolute Gasteiger partial charge is 0.243 e. The quantitative estimate of drug-likeness (QED) is 0.747. The van der Waals surface area contributed by atoms with Crippen molar-refractivity contribution in [1.29, 1.82) is 0 Å². The maximum absolute atomic E-state index is 12.0. The molecule has 4 nitrogen and oxygen atoms in total. The van der Waals surface area contributed by atoms with Gasteiger partial charge in [-0.25, -0.2) is 0 Å². The van der Waals surface area contributed by atoms with Crippen molar-refractivity contribution in [1.82, 2.24) is 4.90 Å². The van der Waals surface area contributed by atoms with E-state index in [0.717, 1.165) is 36.9 Å². The van der Waals surface area contributed by atoms with Crippen LogP contribution in [0.4, 0.5) is 5.69 Å². The number of likely N-dealkylation sites (N-methyl/N-ethyl adjacent to an activating group) is 1. The van der Waals surface area contributed by atoms with Crippen molar-refractivity contribution in [2.45, 2.75) is 46.0 Å². The number of rotatable bonds is 8. The van der Waals surface area contributed by atoms with E-state index in [4.69, 9.17) is 0 Å². The molecule has 0 radical (unpaired) electrons. The van der Waals surface area contributed by atoms with Gasteiger partial charge in [0.2, 0.25) is 11.8 Å². The first kappa shape index (κ1) is 17.2. The Labute approximate surface area is 127 Å². The van der Waals surface area contributed by atoms with Crippen molar-refractivity contribution < 1.29 is 9.59 Å². The number of benzene rings is 1. The van der Waals surface area contributed by atoms with Gasteiger partial charge in [0.1, 0.15) is 0 Å². The van der Waals surface area contributed by atoms with Crippen molar-refractivity contribution in [3.8, 4) is 0 Å². The van der Waals surface area contributed by atoms with E-state index in [-0.39, 0.29) is 18.4 Å². The molecule has 1 aromatic rings. The highest BCUT2D eigenvalue weighted by atomic mass is 16.2. The highest BCUT2D eigenvalue weighted by Crippen LogP contribution is 2.15. The van der Waals surface area contributed by atoms with Gasteiger partial charge < -0.3 is 10.2 Å². The second-order valence-electron chi connectivity index (χ2n) is 5.27. The molecule has 2 amide bonds. The van der Waals surface area contributed by atoms with E-state index < -0.39 is 0 Å². The fourth-order valence-electron chi connectivity index (χ4n) is 2.16. The van der Waals surface area contributed by atoms with Crippen LogP contribution in [0.2, 0.25) is 0 Å². The van der Waals surface area contributed by atoms with Crippen molar-refractivity contribution in [3.63, 3.8) is 0 Å². The van der Waals surface area contributed by atoms with Crippen LogP contribution in [0.5, 0.6) is 0 Å². The zero-order chi connectivity index (χ0) is 15.7. The number of amides is 2. The zero-order valence-corrected chi connectivity index (χ0v) is 13.3. The number of anilines is 1. The molecule has 1 N–H and O–H groups in total. The third kappa shape index (κ3) is 5.98. The summed E-state index contributed by atoms with van der Waals surface area (Å²) in [5.74, 6) is -0.121. The topological polar surface area (TPSA) is 49.4 Å². The summed E-state index contributed by atoms with van der Waals surface area (Å²) < 4.78 is 0. The molecule has 0 aliphatic heterocycles. The number of carbonyl (C=O) groups excluding carboxylic acids is 2. The third-order valence-corrected chi connectivity index (χ3v) is 3.47. The van der Waals surface area contributed by atoms with Gasteiger partial charge in [-0.2, -0.15) is 0 Å². The Kier molecular flexibility index (Phi) is 7.51. The SMILES string of the molecule is CCCCCC(=O)N(C)CC(=O)Nc1ccccc1CC. The van der Waals surface area contributed by atoms with Crippen molar-refractivity contribution in [2.24, 2.45) is 0 Å². The molecule has 0 saturated heterocycles. The van der Waals surface area contributed by atoms with Crippen LogP contribution in [-0.2, 0) is 16.0 Å². The largest absolute Gasteiger partial charge is 0.336 e. The second kappa shape index (κ2) is 9.16. The highest BCUT2D eigenvalue weighted by molar-refractivity contribution is 5.95. The fraction of sp³-hybridized carbons (Fsp3) is 0.529. The van der Waals surface area contributed by atoms with Crippen LogP contribution in [0.15, 0.2) is 24.3 Å². The summed E-state index contributed by atoms with van der Waals surface area (Å²) in [5, 5.41) is 2.88. The lowest BCUT2D eigenvalue weighted by atomic mass is 10.1. The lowest BCUT2D eigenvalue weighted by Crippen LogP contribution is -2.34. The highest BCUT2D eigenvalue weighted by Gasteiger charge is 2.13. The minimum absolute atomic E-state index is 0.0300. The van der Waals surface area contributed by atoms with Crippen molar-refractivity contribution in [3.05, 3.63) is 29.8 Å². The number of hydrogen-bond acceptors (Lipinski definition) is 2. The minimum atomic E-state index is -0.151. The Morgan fingerprint density at radius 3 is 2.52 bits per heavy atom. The van der Waals surface area contributed by atoms with Crippen LogP contribution >= 0.6 is 0 Å². The summed E-state index contributed by atoms with van der Waals surface area (Å²) in [6.07, 6.45) is 4.41. The van der Waals surface area contributed by atoms with Crippen molar-refractivity contribution >= 4 is 17.5 Å². The van der Waals surface area contributed by atoms with E-state index in [2.05, 4.69) is 12.2 Å². The Balaban J connectivity index is 2.47. The maximum atomic E-state index is 12.0. The summed E-state index contributed by atoms with van der Waals surface area (Å²) in [4.78, 5) is 25.4. The van der Waals surface area contributed by atoms with Gasteiger partial charge in [-0.1, -0.05) is 44.9 Å². The molecule has 0 saturated carbocycles. The van der Waals surface area contributed by atoms with E-state index in [1.54, 1.807) is 7.05 Å². The first-order valence-corrected chi connectivity index (χ1v) is 7.70. The Morgan fingerprint density at radius 1 is 1.14 bits per heavy atom. The van der Waals surface area contributed by atoms with Crippen LogP contribution in [0.1, 0.15) is 45.1 Å². The average Bonchev–Trinajstić information content (AvgIpc) is 2.47. The van der Waals surface area contributed by atoms with Gasteiger partial charge in [-0.15, -0.1) is 0 Å². The molecule has 0 fully saturated rings. The van der Waals surface area contributed by atoms with E-state index in [1.165, 1.54) is 4.90 Å². The van der Waals surface area contributed by atoms with Gasteiger partial charge in [-0.3, -0.25) is 9.59 Å². The molecule has 0 unspecified atom stereocenters. The Bertz CT molecular complexity index is 472. The molecule has 1 rings (SSSR count). The van der Waals surface area contributed by atoms with Crippen LogP contribution < -0.4 is 5.32 Å². The molecule has 1 aromatic carbocycles. The number of aryl methyl sites for hydroxylation is 1. The Hall–Kier alpha value is -1.84. The first-order chi connectivity index (χ1) is 10.1. The lowest BCUT2D eigenvalue weighted by molar-refractivity contribution is -0.133. The molecule has 0 aliphatic carbocycles. The first-order valence-electron chi connectivity index (χ1n) is 7.70. The van der Waals surface area contributed by atoms with Gasteiger partial charge >= 0.3 is 0 Å². The molecule has 4 heteroatoms. The Morgan fingerprint density at radius 2 is 1.86 bits per heavy atom. The van der Waals surface area contributed by atoms with Crippen LogP contribution in [0.3, 0.4) is 0 Å². The number of unbranched alkanes of at least 4 members (excludes halogenated alkanes) is 2. The van der Waals surface area contributed by atoms with Gasteiger partial charge in [0.05, 0.1) is 6.54 Å². The predicted molar refractivity (Wildman–Crippen MR) is 86.2 cm³/mol. The number of nitrogens with zero attached hydrogens (tertiary/aromatic N) is 1. The molecule has 0 aliphatic rings. The molecule has 0 bridgehead atoms. The van der Waals surface area contributed by atoms with Gasteiger partial charge in [0.25, 0.3) is 0 Å². The molecule has 116 valence electrons. The minimum Gasteiger partial charge on any atom is -0.336 e. The van der Waals surface area contributed by atoms with Gasteiger partial charge in [-0.05, 0) is 24.5 Å². The fourth-order valence-corrected chi connectivity index (χ4v) is 2.16. The molecule has 0 heterocycles. The van der Waals surface area contributed by atoms with E-state index in [0.29, 0.717) is 6.42 Å². The number of carbonyl (C=O) groups is 2. The monoisotopic (exact) mass is 290 g/mol. The zero-order valence-electron chi connectivity index (χ0n) is 13.3. The summed E-state index contributed by atoms with van der Waals surface area (Å²) in [6.45, 7) is 4.25. The van der Waals surface area contributed by atoms with Crippen molar-refractivity contribution in [2.75, 3.05) is 18.9 Å². The second-order valence-corrected chi connectivity index (χ2v) is 5.27. The molecule has 0 atom stereocenters. The van der Waals surface area contributed by atoms with Crippen LogP contribution in [0, 0.1) is 0 Å². The normalized spacial score (nSPS) is 10.2. The number of nitrogens with one attached hydrogen (secondary N) is 1. The van der Waals surface area contributed by atoms with Crippen LogP contribution in [0.25, 0.3) is 0 Å².